The van der Waals surface area contributed by atoms with Crippen molar-refractivity contribution in [2.45, 2.75) is 51.4 Å². The molecule has 0 saturated heterocycles. The summed E-state index contributed by atoms with van der Waals surface area (Å²) in [5.41, 5.74) is 0. The summed E-state index contributed by atoms with van der Waals surface area (Å²) in [5.74, 6) is 4.12. The fourth-order valence-corrected chi connectivity index (χ4v) is 2.42. The van der Waals surface area contributed by atoms with Crippen LogP contribution in [-0.4, -0.2) is 13.1 Å². The van der Waals surface area contributed by atoms with E-state index in [1.807, 2.05) is 0 Å². The van der Waals surface area contributed by atoms with Crippen molar-refractivity contribution in [2.24, 2.45) is 11.8 Å². The number of rotatable bonds is 5. The molecule has 0 spiro atoms. The van der Waals surface area contributed by atoms with Gasteiger partial charge in [-0.05, 0) is 38.0 Å². The fourth-order valence-electron chi connectivity index (χ4n) is 2.42. The molecule has 0 unspecified atom stereocenters. The number of hydrogen-bond donors (Lipinski definition) is 0. The lowest BCUT2D eigenvalue weighted by atomic mass is 9.80. The molecule has 0 amide bonds. The van der Waals surface area contributed by atoms with Gasteiger partial charge in [0.1, 0.15) is 0 Å². The lowest BCUT2D eigenvalue weighted by Gasteiger charge is -2.25. The van der Waals surface area contributed by atoms with E-state index in [-0.39, 0.29) is 5.97 Å². The van der Waals surface area contributed by atoms with Gasteiger partial charge in [-0.3, -0.25) is 4.79 Å². The molecule has 1 aliphatic carbocycles. The first-order valence-electron chi connectivity index (χ1n) is 6.29. The van der Waals surface area contributed by atoms with Crippen LogP contribution in [0.3, 0.4) is 0 Å². The molecule has 0 radical (unpaired) electrons. The summed E-state index contributed by atoms with van der Waals surface area (Å²) in [6.07, 6.45) is 14.3. The average Bonchev–Trinajstić information content (AvgIpc) is 2.35. The molecule has 0 atom stereocenters. The van der Waals surface area contributed by atoms with Crippen molar-refractivity contribution in [3.8, 4) is 12.3 Å². The van der Waals surface area contributed by atoms with Gasteiger partial charge in [-0.1, -0.05) is 12.8 Å². The summed E-state index contributed by atoms with van der Waals surface area (Å²) in [4.78, 5) is 10.9. The lowest BCUT2D eigenvalue weighted by Crippen LogP contribution is -2.13. The van der Waals surface area contributed by atoms with Crippen LogP contribution in [-0.2, 0) is 9.53 Å². The average molecular weight is 222 g/mol. The topological polar surface area (TPSA) is 26.3 Å². The Morgan fingerprint density at radius 3 is 2.56 bits per heavy atom. The van der Waals surface area contributed by atoms with Crippen molar-refractivity contribution >= 4 is 5.97 Å². The van der Waals surface area contributed by atoms with E-state index in [0.717, 1.165) is 18.8 Å². The van der Waals surface area contributed by atoms with E-state index in [9.17, 15) is 4.79 Å². The van der Waals surface area contributed by atoms with Crippen LogP contribution in [0.1, 0.15) is 51.4 Å². The highest BCUT2D eigenvalue weighted by Gasteiger charge is 2.19. The largest absolute Gasteiger partial charge is 0.469 e. The predicted octanol–water partition coefficient (Wildman–Crippen LogP) is 3.16. The van der Waals surface area contributed by atoms with Crippen LogP contribution in [0.4, 0.5) is 0 Å². The van der Waals surface area contributed by atoms with Gasteiger partial charge in [-0.2, -0.15) is 0 Å². The first-order chi connectivity index (χ1) is 7.76. The molecular weight excluding hydrogens is 200 g/mol. The van der Waals surface area contributed by atoms with Crippen LogP contribution in [0, 0.1) is 24.2 Å². The van der Waals surface area contributed by atoms with E-state index >= 15 is 0 Å². The SMILES string of the molecule is C#CC1CCC(CCCCC(=O)OC)CC1. The molecule has 1 fully saturated rings. The van der Waals surface area contributed by atoms with Gasteiger partial charge >= 0.3 is 5.97 Å². The molecule has 2 nitrogen and oxygen atoms in total. The maximum absolute atomic E-state index is 10.9. The Kier molecular flexibility index (Phi) is 6.00. The van der Waals surface area contributed by atoms with Gasteiger partial charge in [0, 0.05) is 12.3 Å². The molecule has 1 saturated carbocycles. The third-order valence-electron chi connectivity index (χ3n) is 3.55. The number of carbonyl (C=O) groups is 1. The Hall–Kier alpha value is -0.970. The van der Waals surface area contributed by atoms with Crippen molar-refractivity contribution in [2.75, 3.05) is 7.11 Å². The van der Waals surface area contributed by atoms with E-state index in [0.29, 0.717) is 12.3 Å². The van der Waals surface area contributed by atoms with Crippen molar-refractivity contribution in [3.63, 3.8) is 0 Å². The maximum Gasteiger partial charge on any atom is 0.305 e. The van der Waals surface area contributed by atoms with Crippen LogP contribution in [0.25, 0.3) is 0 Å². The summed E-state index contributed by atoms with van der Waals surface area (Å²) in [7, 11) is 1.45. The van der Waals surface area contributed by atoms with Crippen LogP contribution in [0.5, 0.6) is 0 Å². The number of hydrogen-bond acceptors (Lipinski definition) is 2. The highest BCUT2D eigenvalue weighted by atomic mass is 16.5. The fraction of sp³-hybridized carbons (Fsp3) is 0.786. The highest BCUT2D eigenvalue weighted by molar-refractivity contribution is 5.68. The standard InChI is InChI=1S/C14H22O2/c1-3-12-8-10-13(11-9-12)6-4-5-7-14(15)16-2/h1,12-13H,4-11H2,2H3. The second-order valence-electron chi connectivity index (χ2n) is 4.71. The number of esters is 1. The van der Waals surface area contributed by atoms with Gasteiger partial charge in [-0.15, -0.1) is 12.3 Å². The van der Waals surface area contributed by atoms with E-state index in [1.54, 1.807) is 0 Å². The Bertz CT molecular complexity index is 244. The summed E-state index contributed by atoms with van der Waals surface area (Å²) < 4.78 is 4.61. The van der Waals surface area contributed by atoms with Gasteiger partial charge in [0.25, 0.3) is 0 Å². The van der Waals surface area contributed by atoms with Gasteiger partial charge in [0.2, 0.25) is 0 Å². The highest BCUT2D eigenvalue weighted by Crippen LogP contribution is 2.31. The Morgan fingerprint density at radius 2 is 2.00 bits per heavy atom. The molecule has 16 heavy (non-hydrogen) atoms. The molecular formula is C14H22O2. The molecule has 90 valence electrons. The van der Waals surface area contributed by atoms with Crippen LogP contribution in [0.15, 0.2) is 0 Å². The minimum absolute atomic E-state index is 0.0870. The molecule has 0 N–H and O–H groups in total. The summed E-state index contributed by atoms with van der Waals surface area (Å²) in [6.45, 7) is 0. The van der Waals surface area contributed by atoms with Crippen LogP contribution < -0.4 is 0 Å². The third-order valence-corrected chi connectivity index (χ3v) is 3.55. The van der Waals surface area contributed by atoms with Crippen molar-refractivity contribution in [1.29, 1.82) is 0 Å². The monoisotopic (exact) mass is 222 g/mol. The van der Waals surface area contributed by atoms with Crippen LogP contribution in [0.2, 0.25) is 0 Å². The summed E-state index contributed by atoms with van der Waals surface area (Å²) in [6, 6.07) is 0. The van der Waals surface area contributed by atoms with Gasteiger partial charge in [0.05, 0.1) is 7.11 Å². The minimum Gasteiger partial charge on any atom is -0.469 e. The molecule has 2 heteroatoms. The summed E-state index contributed by atoms with van der Waals surface area (Å²) >= 11 is 0. The quantitative estimate of drug-likeness (QED) is 0.406. The molecule has 0 bridgehead atoms. The third kappa shape index (κ3) is 4.70. The second kappa shape index (κ2) is 7.33. The normalized spacial score (nSPS) is 24.8. The molecule has 0 heterocycles. The van der Waals surface area contributed by atoms with Crippen LogP contribution >= 0.6 is 0 Å². The Labute approximate surface area is 98.8 Å². The van der Waals surface area contributed by atoms with Crippen molar-refractivity contribution in [1.82, 2.24) is 0 Å². The van der Waals surface area contributed by atoms with Crippen molar-refractivity contribution in [3.05, 3.63) is 0 Å². The number of carbonyl (C=O) groups excluding carboxylic acids is 1. The lowest BCUT2D eigenvalue weighted by molar-refractivity contribution is -0.140. The Balaban J connectivity index is 2.03. The molecule has 1 rings (SSSR count). The molecule has 0 aromatic rings. The number of unbranched alkanes of at least 4 members (excludes halogenated alkanes) is 1. The first kappa shape index (κ1) is 13.1. The van der Waals surface area contributed by atoms with E-state index in [1.165, 1.54) is 39.2 Å². The maximum atomic E-state index is 10.9. The zero-order valence-electron chi connectivity index (χ0n) is 10.2. The predicted molar refractivity (Wildman–Crippen MR) is 64.8 cm³/mol. The summed E-state index contributed by atoms with van der Waals surface area (Å²) in [5, 5.41) is 0. The molecule has 0 aromatic heterocycles. The minimum atomic E-state index is -0.0870. The number of ether oxygens (including phenoxy) is 1. The van der Waals surface area contributed by atoms with E-state index in [2.05, 4.69) is 10.7 Å². The van der Waals surface area contributed by atoms with Crippen molar-refractivity contribution < 1.29 is 9.53 Å². The van der Waals surface area contributed by atoms with Gasteiger partial charge in [-0.25, -0.2) is 0 Å². The smallest absolute Gasteiger partial charge is 0.305 e. The molecule has 1 aliphatic rings. The van der Waals surface area contributed by atoms with E-state index in [4.69, 9.17) is 6.42 Å². The second-order valence-corrected chi connectivity index (χ2v) is 4.71. The van der Waals surface area contributed by atoms with E-state index < -0.39 is 0 Å². The molecule has 0 aromatic carbocycles. The first-order valence-corrected chi connectivity index (χ1v) is 6.29. The molecule has 0 aliphatic heterocycles. The zero-order valence-corrected chi connectivity index (χ0v) is 10.2. The number of terminal acetylenes is 1. The number of methoxy groups -OCH3 is 1. The zero-order chi connectivity index (χ0) is 11.8. The Morgan fingerprint density at radius 1 is 1.31 bits per heavy atom. The van der Waals surface area contributed by atoms with Gasteiger partial charge < -0.3 is 4.74 Å². The van der Waals surface area contributed by atoms with Gasteiger partial charge in [0.15, 0.2) is 0 Å².